The fraction of sp³-hybridized carbons (Fsp3) is 0.533. The number of allylic oxidation sites excluding steroid dienone is 2. The highest BCUT2D eigenvalue weighted by Crippen LogP contribution is 2.68. The minimum atomic E-state index is -1.31. The minimum absolute atomic E-state index is 0.0714. The van der Waals surface area contributed by atoms with Gasteiger partial charge in [0.25, 0.3) is 0 Å². The number of hydrogen-bond acceptors (Lipinski definition) is 7. The van der Waals surface area contributed by atoms with Gasteiger partial charge in [0.15, 0.2) is 5.78 Å². The maximum absolute atomic E-state index is 14.2. The molecule has 9 unspecified atom stereocenters. The van der Waals surface area contributed by atoms with Crippen molar-refractivity contribution in [2.75, 3.05) is 0 Å². The monoisotopic (exact) mass is 502 g/mol. The molecule has 0 aromatic heterocycles. The van der Waals surface area contributed by atoms with Crippen molar-refractivity contribution in [3.63, 3.8) is 0 Å². The molecule has 0 aromatic carbocycles. The van der Waals surface area contributed by atoms with E-state index in [1.54, 1.807) is 0 Å². The largest absolute Gasteiger partial charge is 0.458 e. The second-order valence-electron chi connectivity index (χ2n) is 12.1. The van der Waals surface area contributed by atoms with Gasteiger partial charge in [0.2, 0.25) is 0 Å². The van der Waals surface area contributed by atoms with Crippen LogP contribution in [0.25, 0.3) is 0 Å². The molecule has 5 aliphatic carbocycles. The molecule has 0 bridgehead atoms. The number of carbonyl (C=O) groups is 4. The Hall–Kier alpha value is -3.06. The predicted molar refractivity (Wildman–Crippen MR) is 131 cm³/mol. The smallest absolute Gasteiger partial charge is 0.334 e. The number of rotatable bonds is 0. The van der Waals surface area contributed by atoms with Gasteiger partial charge in [0, 0.05) is 52.4 Å². The van der Waals surface area contributed by atoms with Crippen LogP contribution in [0.2, 0.25) is 0 Å². The van der Waals surface area contributed by atoms with Gasteiger partial charge < -0.3 is 14.6 Å². The zero-order valence-electron chi connectivity index (χ0n) is 20.7. The molecule has 1 spiro atoms. The molecule has 0 aromatic rings. The van der Waals surface area contributed by atoms with Gasteiger partial charge in [-0.25, -0.2) is 9.59 Å². The summed E-state index contributed by atoms with van der Waals surface area (Å²) in [7, 11) is 0. The molecule has 7 rings (SSSR count). The summed E-state index contributed by atoms with van der Waals surface area (Å²) in [5.41, 5.74) is 0.213. The predicted octanol–water partition coefficient (Wildman–Crippen LogP) is 3.09. The van der Waals surface area contributed by atoms with Crippen LogP contribution in [0.4, 0.5) is 0 Å². The minimum Gasteiger partial charge on any atom is -0.458 e. The first-order chi connectivity index (χ1) is 17.5. The zero-order valence-corrected chi connectivity index (χ0v) is 20.7. The summed E-state index contributed by atoms with van der Waals surface area (Å²) in [6, 6.07) is 0. The molecule has 37 heavy (non-hydrogen) atoms. The highest BCUT2D eigenvalue weighted by atomic mass is 16.6. The van der Waals surface area contributed by atoms with E-state index in [0.717, 1.165) is 5.57 Å². The number of esters is 2. The fourth-order valence-electron chi connectivity index (χ4n) is 9.05. The van der Waals surface area contributed by atoms with Crippen molar-refractivity contribution in [1.29, 1.82) is 0 Å². The van der Waals surface area contributed by atoms with E-state index in [2.05, 4.69) is 26.3 Å². The molecule has 7 heteroatoms. The number of hydrogen-bond donors (Lipinski definition) is 1. The second kappa shape index (κ2) is 7.07. The summed E-state index contributed by atoms with van der Waals surface area (Å²) >= 11 is 0. The standard InChI is InChI=1S/C30H30O7/c1-12-5-6-16-13(2)28(34)37-26(16)21-18(12)11-19(31)30(21)10-9-29(35)8-7-17-14(3)27(33)36-25(17)20-15(4)24(32)23(30)22(20)29/h16-18,20-21,25-26,35H,1-11H2. The highest BCUT2D eigenvalue weighted by Gasteiger charge is 2.71. The van der Waals surface area contributed by atoms with E-state index < -0.39 is 47.0 Å². The fourth-order valence-corrected chi connectivity index (χ4v) is 9.05. The number of carbonyl (C=O) groups excluding carboxylic acids is 4. The van der Waals surface area contributed by atoms with E-state index in [9.17, 15) is 24.3 Å². The lowest BCUT2D eigenvalue weighted by Crippen LogP contribution is -2.51. The molecule has 2 heterocycles. The molecule has 0 amide bonds. The molecule has 5 fully saturated rings. The second-order valence-corrected chi connectivity index (χ2v) is 12.1. The van der Waals surface area contributed by atoms with E-state index in [-0.39, 0.29) is 54.2 Å². The van der Waals surface area contributed by atoms with Gasteiger partial charge in [0.1, 0.15) is 18.0 Å². The molecule has 9 atom stereocenters. The quantitative estimate of drug-likeness (QED) is 0.308. The summed E-state index contributed by atoms with van der Waals surface area (Å²) in [6.07, 6.45) is 1.66. The average Bonchev–Trinajstić information content (AvgIpc) is 3.44. The third-order valence-corrected chi connectivity index (χ3v) is 10.8. The molecular formula is C30H30O7. The van der Waals surface area contributed by atoms with E-state index in [0.29, 0.717) is 48.0 Å². The van der Waals surface area contributed by atoms with Gasteiger partial charge in [-0.1, -0.05) is 31.9 Å². The molecule has 0 radical (unpaired) electrons. The van der Waals surface area contributed by atoms with Crippen molar-refractivity contribution in [1.82, 2.24) is 0 Å². The Balaban J connectivity index is 1.47. The molecule has 2 saturated heterocycles. The molecule has 1 N–H and O–H groups in total. The Kier molecular flexibility index (Phi) is 4.41. The van der Waals surface area contributed by atoms with Crippen molar-refractivity contribution >= 4 is 23.5 Å². The van der Waals surface area contributed by atoms with Crippen LogP contribution >= 0.6 is 0 Å². The van der Waals surface area contributed by atoms with E-state index >= 15 is 0 Å². The lowest BCUT2D eigenvalue weighted by molar-refractivity contribution is -0.146. The zero-order chi connectivity index (χ0) is 26.2. The summed E-state index contributed by atoms with van der Waals surface area (Å²) in [5, 5.41) is 12.1. The number of Topliss-reactive ketones (excluding diaryl/α,β-unsaturated/α-hetero) is 2. The van der Waals surface area contributed by atoms with Crippen molar-refractivity contribution in [3.8, 4) is 0 Å². The number of ether oxygens (including phenoxy) is 2. The molecule has 7 aliphatic rings. The maximum Gasteiger partial charge on any atom is 0.334 e. The first-order valence-corrected chi connectivity index (χ1v) is 13.2. The molecular weight excluding hydrogens is 472 g/mol. The van der Waals surface area contributed by atoms with Crippen LogP contribution in [-0.4, -0.2) is 46.4 Å². The molecule has 2 aliphatic heterocycles. The van der Waals surface area contributed by atoms with Crippen LogP contribution in [0.5, 0.6) is 0 Å². The van der Waals surface area contributed by atoms with Gasteiger partial charge in [-0.3, -0.25) is 9.59 Å². The van der Waals surface area contributed by atoms with E-state index in [4.69, 9.17) is 9.47 Å². The van der Waals surface area contributed by atoms with E-state index in [1.165, 1.54) is 0 Å². The van der Waals surface area contributed by atoms with Crippen molar-refractivity contribution in [3.05, 3.63) is 59.8 Å². The van der Waals surface area contributed by atoms with Crippen LogP contribution in [0.15, 0.2) is 59.8 Å². The summed E-state index contributed by atoms with van der Waals surface area (Å²) in [6.45, 7) is 16.3. The number of aliphatic hydroxyl groups is 1. The highest BCUT2D eigenvalue weighted by molar-refractivity contribution is 6.18. The Bertz CT molecular complexity index is 1330. The van der Waals surface area contributed by atoms with Crippen LogP contribution in [0.3, 0.4) is 0 Å². The molecule has 7 nitrogen and oxygen atoms in total. The first-order valence-electron chi connectivity index (χ1n) is 13.2. The van der Waals surface area contributed by atoms with Gasteiger partial charge in [-0.05, 0) is 50.0 Å². The summed E-state index contributed by atoms with van der Waals surface area (Å²) in [4.78, 5) is 53.4. The maximum atomic E-state index is 14.2. The SMILES string of the molecule is C=C1C(=O)OC2C1CCC1(O)CCC3(C(=O)CC4C(=C)CCC5C(=C)C(=O)OC5C43)C3=C1C2C(=C)C3=O. The lowest BCUT2D eigenvalue weighted by atomic mass is 9.56. The topological polar surface area (TPSA) is 107 Å². The Morgan fingerprint density at radius 3 is 2.14 bits per heavy atom. The van der Waals surface area contributed by atoms with Crippen LogP contribution in [0.1, 0.15) is 44.9 Å². The summed E-state index contributed by atoms with van der Waals surface area (Å²) in [5.74, 6) is -3.33. The molecule has 192 valence electrons. The van der Waals surface area contributed by atoms with Crippen LogP contribution < -0.4 is 0 Å². The van der Waals surface area contributed by atoms with E-state index in [1.807, 2.05) is 0 Å². The number of ketones is 2. The van der Waals surface area contributed by atoms with Gasteiger partial charge in [-0.15, -0.1) is 0 Å². The molecule has 3 saturated carbocycles. The third-order valence-electron chi connectivity index (χ3n) is 10.8. The Labute approximate surface area is 215 Å². The first kappa shape index (κ1) is 23.1. The van der Waals surface area contributed by atoms with Gasteiger partial charge in [-0.2, -0.15) is 0 Å². The Morgan fingerprint density at radius 1 is 0.784 bits per heavy atom. The van der Waals surface area contributed by atoms with Crippen LogP contribution in [0, 0.1) is 35.0 Å². The van der Waals surface area contributed by atoms with Crippen molar-refractivity contribution in [2.45, 2.75) is 62.8 Å². The normalized spacial score (nSPS) is 46.5. The van der Waals surface area contributed by atoms with Crippen molar-refractivity contribution in [2.24, 2.45) is 35.0 Å². The number of fused-ring (bicyclic) bond motifs is 7. The Morgan fingerprint density at radius 2 is 1.43 bits per heavy atom. The van der Waals surface area contributed by atoms with Gasteiger partial charge >= 0.3 is 11.9 Å². The van der Waals surface area contributed by atoms with Gasteiger partial charge in [0.05, 0.1) is 11.0 Å². The van der Waals surface area contributed by atoms with Crippen molar-refractivity contribution < 1.29 is 33.8 Å². The third kappa shape index (κ3) is 2.56. The van der Waals surface area contributed by atoms with Crippen LogP contribution in [-0.2, 0) is 28.7 Å². The average molecular weight is 503 g/mol. The lowest BCUT2D eigenvalue weighted by Gasteiger charge is -2.47. The summed E-state index contributed by atoms with van der Waals surface area (Å²) < 4.78 is 11.7.